The second-order valence-corrected chi connectivity index (χ2v) is 31.5. The summed E-state index contributed by atoms with van der Waals surface area (Å²) in [4.78, 5) is 209. The Morgan fingerprint density at radius 1 is 0.496 bits per heavy atom. The number of benzene rings is 4. The number of halogens is 1. The fourth-order valence-corrected chi connectivity index (χ4v) is 14.2. The molecule has 2 unspecified atom stereocenters. The molecule has 1 saturated heterocycles. The molecule has 123 heavy (non-hydrogen) atoms. The molecule has 9 amide bonds. The number of primary amides is 1. The van der Waals surface area contributed by atoms with Crippen molar-refractivity contribution < 1.29 is 228 Å². The van der Waals surface area contributed by atoms with E-state index in [1.54, 1.807) is 71.0 Å². The zero-order valence-corrected chi connectivity index (χ0v) is 82.7. The molecule has 664 valence electrons. The summed E-state index contributed by atoms with van der Waals surface area (Å²) in [6.45, 7) is 9.00. The maximum absolute atomic E-state index is 14.8. The van der Waals surface area contributed by atoms with Crippen LogP contribution in [0.2, 0.25) is 5.02 Å². The van der Waals surface area contributed by atoms with Crippen molar-refractivity contribution in [3.8, 4) is 17.2 Å². The molecule has 1 aliphatic heterocycles. The number of hydrogen-bond acceptors (Lipinski definition) is 19. The molecule has 0 aromatic heterocycles. The number of phenolic OH excluding ortho intramolecular Hbond substituents is 3. The number of nitrogens with one attached hydrogen (secondary N) is 11. The number of β-amino-alcohol motifs (C(OH)–C–C–N with tert-alkyl or cyclic N) is 1. The smallest absolute Gasteiger partial charge is 0.303 e. The van der Waals surface area contributed by atoms with Crippen LogP contribution in [0, 0.1) is 41.4 Å². The molecule has 0 saturated carbocycles. The van der Waals surface area contributed by atoms with E-state index in [9.17, 15) is 97.5 Å². The Morgan fingerprint density at radius 2 is 0.943 bits per heavy atom. The number of aliphatic hydroxyl groups is 1. The van der Waals surface area contributed by atoms with E-state index in [1.807, 2.05) is 0 Å². The molecule has 38 heteroatoms. The topological polar surface area (TPSA) is 566 Å². The fourth-order valence-electron chi connectivity index (χ4n) is 14.0. The predicted molar refractivity (Wildman–Crippen MR) is 442 cm³/mol. The largest absolute Gasteiger partial charge is 0.677 e. The Morgan fingerprint density at radius 3 is 1.47 bits per heavy atom. The summed E-state index contributed by atoms with van der Waals surface area (Å²) >= 11 is 6.29. The molecule has 1 fully saturated rings. The van der Waals surface area contributed by atoms with Crippen LogP contribution < -0.4 is 43.0 Å². The third kappa shape index (κ3) is 40.0. The standard InChI is InChI=1S/C85H116ClN13O20.4Y/c1-7-48(6)77(74(108)39-54(19-26-75(91)109)78(112)92-43-51-10-12-52(13-11-51)44-93-83(117)64(89)28-30-87)98-82(116)58(33-49-14-21-59(100)22-15-49)40-71(105)66(8-2)95-81(115)56(32-47(4)5)37-61(102)45-94-79(113)57(34-53-18-25-70(104)63(86)35-53)41-73(107)69-42-62(103)46-99(69)85(119)67(9-3)96-80(114)55(20-27-76(110)111)38-72(106)68(97-84(118)65(90)29-31-88)36-50-16-23-60(101)24-17-50;;;;/h10-18,21-25,35,47-48,54-58,62,64-69,77,87-90,100-101,103-104H,7-9,19-20,26-34,36-46H2,1-6H3,(H2,91,109)(H,92,112)(H,93,117)(H,94,113)(H,95,115)(H,96,114)(H,97,118)(H,98,116)(H,110,111);;;;/q-4;;;;/t48-,54+,55-,56+,57?,58+,62?,64-,65-,66-,67-,68-,69-,77-;;;;/m0..../s1. The molecule has 33 nitrogen and oxygen atoms in total. The first-order valence-electron chi connectivity index (χ1n) is 40.4. The van der Waals surface area contributed by atoms with Crippen molar-refractivity contribution in [1.82, 2.24) is 42.1 Å². The number of ketones is 5. The van der Waals surface area contributed by atoms with Gasteiger partial charge in [0.15, 0.2) is 28.9 Å². The predicted octanol–water partition coefficient (Wildman–Crippen LogP) is 7.07. The van der Waals surface area contributed by atoms with Crippen molar-refractivity contribution in [2.24, 2.45) is 47.2 Å². The molecule has 1 heterocycles. The van der Waals surface area contributed by atoms with Gasteiger partial charge in [0.25, 0.3) is 0 Å². The number of phenols is 3. The number of carbonyl (C=O) groups excluding carboxylic acids is 14. The van der Waals surface area contributed by atoms with Gasteiger partial charge in [0.1, 0.15) is 23.3 Å². The quantitative estimate of drug-likeness (QED) is 0.0210. The number of aromatic hydroxyl groups is 3. The van der Waals surface area contributed by atoms with E-state index in [0.29, 0.717) is 34.2 Å². The van der Waals surface area contributed by atoms with Gasteiger partial charge < -0.3 is 96.3 Å². The summed E-state index contributed by atoms with van der Waals surface area (Å²) in [5.74, 6) is -18.6. The molecule has 14 atom stereocenters. The van der Waals surface area contributed by atoms with E-state index in [1.165, 1.54) is 61.5 Å². The van der Waals surface area contributed by atoms with E-state index < -0.39 is 230 Å². The van der Waals surface area contributed by atoms with E-state index in [-0.39, 0.29) is 256 Å². The van der Waals surface area contributed by atoms with Crippen LogP contribution in [-0.2, 0) is 235 Å². The summed E-state index contributed by atoms with van der Waals surface area (Å²) in [5.41, 5.74) is 39.0. The number of carbonyl (C=O) groups is 15. The Hall–Kier alpha value is -6.16. The number of aliphatic carboxylic acids is 1. The molecule has 4 aromatic carbocycles. The monoisotopic (exact) mass is 2030 g/mol. The number of rotatable bonds is 54. The number of carboxylic acids is 1. The van der Waals surface area contributed by atoms with Crippen LogP contribution in [0.5, 0.6) is 17.2 Å². The van der Waals surface area contributed by atoms with Crippen LogP contribution in [0.3, 0.4) is 0 Å². The number of amides is 9. The van der Waals surface area contributed by atoms with Crippen molar-refractivity contribution in [2.75, 3.05) is 26.2 Å². The van der Waals surface area contributed by atoms with Gasteiger partial charge in [-0.15, -0.1) is 0 Å². The van der Waals surface area contributed by atoms with Gasteiger partial charge in [-0.2, -0.15) is 13.1 Å². The normalized spacial score (nSPS) is 15.7. The molecule has 1 aliphatic rings. The summed E-state index contributed by atoms with van der Waals surface area (Å²) in [6, 6.07) is 13.4. The van der Waals surface area contributed by atoms with Crippen LogP contribution in [0.15, 0.2) is 91.0 Å². The molecule has 0 bridgehead atoms. The second-order valence-electron chi connectivity index (χ2n) is 31.1. The minimum Gasteiger partial charge on any atom is -0.677 e. The van der Waals surface area contributed by atoms with Crippen LogP contribution >= 0.6 is 11.6 Å². The van der Waals surface area contributed by atoms with Crippen LogP contribution in [0.4, 0.5) is 0 Å². The van der Waals surface area contributed by atoms with Gasteiger partial charge in [-0.1, -0.05) is 139 Å². The molecule has 4 aromatic rings. The summed E-state index contributed by atoms with van der Waals surface area (Å²) in [6.07, 6.45) is -5.80. The van der Waals surface area contributed by atoms with Gasteiger partial charge in [-0.25, -0.2) is 0 Å². The first kappa shape index (κ1) is 115. The number of nitrogens with zero attached hydrogens (tertiary/aromatic N) is 1. The number of likely N-dealkylation sites (tertiary alicyclic amines) is 1. The van der Waals surface area contributed by atoms with Gasteiger partial charge >= 0.3 is 5.97 Å². The molecule has 5 rings (SSSR count). The van der Waals surface area contributed by atoms with Crippen molar-refractivity contribution in [2.45, 2.75) is 225 Å². The Balaban J connectivity index is 0.0000189. The second kappa shape index (κ2) is 59.1. The van der Waals surface area contributed by atoms with Crippen molar-refractivity contribution in [3.63, 3.8) is 0 Å². The van der Waals surface area contributed by atoms with Gasteiger partial charge in [0.05, 0.1) is 41.8 Å². The minimum atomic E-state index is -1.43. The first-order chi connectivity index (χ1) is 56.4. The molecule has 0 aliphatic carbocycles. The number of Topliss-reactive ketones (excluding diaryl/α,β-unsaturated/α-hetero) is 5. The van der Waals surface area contributed by atoms with Gasteiger partial charge in [-0.05, 0) is 127 Å². The van der Waals surface area contributed by atoms with Crippen molar-refractivity contribution in [3.05, 3.63) is 147 Å². The average molecular weight is 2030 g/mol. The Kier molecular flexibility index (Phi) is 55.1. The van der Waals surface area contributed by atoms with Crippen LogP contribution in [-0.4, -0.2) is 193 Å². The third-order valence-electron chi connectivity index (χ3n) is 21.2. The number of nitrogens with two attached hydrogens (primary N) is 1. The van der Waals surface area contributed by atoms with Gasteiger partial charge in [-0.3, -0.25) is 71.9 Å². The van der Waals surface area contributed by atoms with E-state index in [0.717, 1.165) is 4.90 Å². The average Bonchev–Trinajstić information content (AvgIpc) is 1.67. The maximum atomic E-state index is 14.8. The van der Waals surface area contributed by atoms with E-state index in [4.69, 9.17) is 40.3 Å². The molecular formula is C85H116ClN13O20Y4-4. The Bertz CT molecular complexity index is 4160. The molecule has 0 spiro atoms. The summed E-state index contributed by atoms with van der Waals surface area (Å²) in [5, 5.41) is 69.8. The van der Waals surface area contributed by atoms with Crippen LogP contribution in [0.1, 0.15) is 172 Å². The first-order valence-corrected chi connectivity index (χ1v) is 40.7. The zero-order valence-electron chi connectivity index (χ0n) is 70.6. The molecule has 4 radical (unpaired) electrons. The SMILES string of the molecule is CC[C@H](NC(=O)[C@@H](CC(=O)CNC(=O)C(CC(=O)[C@@H]1CC(O)CN1C(=O)[C@H](CC)NC(=O)[C@@H](CCC(=O)O)CC(=O)[C@H](Cc1ccc(O)cc1)NC(=O)[C@@H]([NH-])CC[NH-])Cc1ccc(O)c(Cl)c1)CC(C)C)C(=O)C[C@@H](Cc1ccc(O)cc1)C(=O)N[C@H](C(=O)C[C@@H](CCC(N)=O)C(=O)NCc1ccc(CNC(=O)[C@@H]([NH-])CC[NH-])cc1)[C@@H](C)CC.[Y].[Y].[Y].[Y]. The van der Waals surface area contributed by atoms with Gasteiger partial charge in [0.2, 0.25) is 53.2 Å². The Labute approximate surface area is 823 Å². The number of hydrogen-bond donors (Lipinski definition) is 13. The van der Waals surface area contributed by atoms with E-state index in [2.05, 4.69) is 37.2 Å². The zero-order chi connectivity index (χ0) is 88.3. The summed E-state index contributed by atoms with van der Waals surface area (Å²) < 4.78 is 0. The molecular weight excluding hydrogens is 1910 g/mol. The minimum absolute atomic E-state index is 0. The maximum Gasteiger partial charge on any atom is 0.303 e. The molecule has 18 N–H and O–H groups in total. The number of carboxylic acid groups (broad SMARTS) is 1. The van der Waals surface area contributed by atoms with Gasteiger partial charge in [0, 0.05) is 231 Å². The van der Waals surface area contributed by atoms with Crippen molar-refractivity contribution >= 4 is 99.7 Å². The number of aliphatic hydroxyl groups excluding tert-OH is 1. The van der Waals surface area contributed by atoms with Crippen LogP contribution in [0.25, 0.3) is 22.9 Å². The third-order valence-corrected chi connectivity index (χ3v) is 21.5. The fraction of sp³-hybridized carbons (Fsp3) is 0.541. The summed E-state index contributed by atoms with van der Waals surface area (Å²) in [7, 11) is 0. The van der Waals surface area contributed by atoms with E-state index >= 15 is 0 Å². The van der Waals surface area contributed by atoms with Crippen molar-refractivity contribution in [1.29, 1.82) is 0 Å².